The number of hydrogen-bond donors (Lipinski definition) is 2. The number of carbonyl (C=O) groups excluding carboxylic acids is 1. The zero-order valence-corrected chi connectivity index (χ0v) is 10.3. The molecule has 7 nitrogen and oxygen atoms in total. The molecular formula is C8H9NO6S2. The molecule has 0 unspecified atom stereocenters. The van der Waals surface area contributed by atoms with Gasteiger partial charge in [0.15, 0.2) is 0 Å². The van der Waals surface area contributed by atoms with E-state index in [1.165, 1.54) is 5.38 Å². The summed E-state index contributed by atoms with van der Waals surface area (Å²) in [5.74, 6) is -2.10. The van der Waals surface area contributed by atoms with Gasteiger partial charge in [0.1, 0.15) is 16.3 Å². The van der Waals surface area contributed by atoms with Crippen molar-refractivity contribution < 1.29 is 27.9 Å². The maximum absolute atomic E-state index is 11.7. The van der Waals surface area contributed by atoms with Crippen LogP contribution in [-0.4, -0.2) is 39.1 Å². The molecule has 0 aromatic carbocycles. The molecule has 0 amide bonds. The fourth-order valence-corrected chi connectivity index (χ4v) is 3.20. The summed E-state index contributed by atoms with van der Waals surface area (Å²) in [5.41, 5.74) is 0. The number of carboxylic acid groups (broad SMARTS) is 1. The SMILES string of the molecule is COC(=O)CNS(=O)(=O)c1ccsc1C(=O)O. The van der Waals surface area contributed by atoms with Crippen LogP contribution in [0.1, 0.15) is 9.67 Å². The Bertz CT molecular complexity index is 532. The molecule has 1 aromatic heterocycles. The van der Waals surface area contributed by atoms with Gasteiger partial charge in [0, 0.05) is 0 Å². The van der Waals surface area contributed by atoms with Crippen LogP contribution in [0.2, 0.25) is 0 Å². The lowest BCUT2D eigenvalue weighted by Gasteiger charge is -2.04. The van der Waals surface area contributed by atoms with E-state index in [1.54, 1.807) is 0 Å². The maximum Gasteiger partial charge on any atom is 0.347 e. The molecule has 1 heterocycles. The molecule has 0 spiro atoms. The molecule has 0 fully saturated rings. The molecule has 0 saturated carbocycles. The van der Waals surface area contributed by atoms with Crippen molar-refractivity contribution in [1.29, 1.82) is 0 Å². The fourth-order valence-electron chi connectivity index (χ4n) is 0.969. The Hall–Kier alpha value is -1.45. The summed E-state index contributed by atoms with van der Waals surface area (Å²) in [6, 6.07) is 1.16. The maximum atomic E-state index is 11.7. The average Bonchev–Trinajstić information content (AvgIpc) is 2.75. The molecular weight excluding hydrogens is 270 g/mol. The van der Waals surface area contributed by atoms with Crippen LogP contribution in [0.4, 0.5) is 0 Å². The molecule has 94 valence electrons. The molecule has 2 N–H and O–H groups in total. The summed E-state index contributed by atoms with van der Waals surface area (Å²) in [7, 11) is -2.90. The van der Waals surface area contributed by atoms with Crippen LogP contribution in [0.3, 0.4) is 0 Å². The van der Waals surface area contributed by atoms with E-state index in [9.17, 15) is 18.0 Å². The van der Waals surface area contributed by atoms with Crippen LogP contribution in [0.15, 0.2) is 16.3 Å². The number of sulfonamides is 1. The smallest absolute Gasteiger partial charge is 0.347 e. The second kappa shape index (κ2) is 5.25. The Morgan fingerprint density at radius 2 is 2.18 bits per heavy atom. The van der Waals surface area contributed by atoms with Crippen molar-refractivity contribution in [2.24, 2.45) is 0 Å². The molecule has 0 saturated heterocycles. The molecule has 0 radical (unpaired) electrons. The van der Waals surface area contributed by atoms with Gasteiger partial charge in [0.2, 0.25) is 10.0 Å². The Morgan fingerprint density at radius 3 is 2.71 bits per heavy atom. The number of nitrogens with one attached hydrogen (secondary N) is 1. The molecule has 0 aliphatic rings. The number of carboxylic acids is 1. The highest BCUT2D eigenvalue weighted by atomic mass is 32.2. The first kappa shape index (κ1) is 13.6. The highest BCUT2D eigenvalue weighted by Gasteiger charge is 2.24. The highest BCUT2D eigenvalue weighted by molar-refractivity contribution is 7.89. The van der Waals surface area contributed by atoms with Gasteiger partial charge in [-0.3, -0.25) is 4.79 Å². The number of ether oxygens (including phenoxy) is 1. The lowest BCUT2D eigenvalue weighted by molar-refractivity contribution is -0.139. The number of methoxy groups -OCH3 is 1. The lowest BCUT2D eigenvalue weighted by Crippen LogP contribution is -2.30. The van der Waals surface area contributed by atoms with E-state index >= 15 is 0 Å². The molecule has 0 aliphatic heterocycles. The number of hydrogen-bond acceptors (Lipinski definition) is 6. The van der Waals surface area contributed by atoms with Crippen molar-refractivity contribution >= 4 is 33.3 Å². The molecule has 1 aromatic rings. The predicted molar refractivity (Wildman–Crippen MR) is 58.5 cm³/mol. The summed E-state index contributed by atoms with van der Waals surface area (Å²) in [6.45, 7) is -0.548. The first-order valence-corrected chi connectivity index (χ1v) is 6.62. The van der Waals surface area contributed by atoms with E-state index < -0.39 is 28.5 Å². The summed E-state index contributed by atoms with van der Waals surface area (Å²) >= 11 is 0.790. The van der Waals surface area contributed by atoms with Crippen molar-refractivity contribution in [3.63, 3.8) is 0 Å². The number of carbonyl (C=O) groups is 2. The van der Waals surface area contributed by atoms with Gasteiger partial charge in [-0.1, -0.05) is 0 Å². The van der Waals surface area contributed by atoms with Crippen LogP contribution < -0.4 is 4.72 Å². The lowest BCUT2D eigenvalue weighted by atomic mass is 10.5. The number of thiophene rings is 1. The molecule has 0 bridgehead atoms. The molecule has 17 heavy (non-hydrogen) atoms. The first-order chi connectivity index (χ1) is 7.88. The Balaban J connectivity index is 2.94. The summed E-state index contributed by atoms with van der Waals surface area (Å²) < 4.78 is 29.5. The van der Waals surface area contributed by atoms with Gasteiger partial charge in [-0.05, 0) is 11.4 Å². The van der Waals surface area contributed by atoms with E-state index in [0.717, 1.165) is 24.5 Å². The standard InChI is InChI=1S/C8H9NO6S2/c1-15-6(10)4-9-17(13,14)5-2-3-16-7(5)8(11)12/h2-3,9H,4H2,1H3,(H,11,12). The zero-order chi connectivity index (χ0) is 13.1. The molecule has 0 atom stereocenters. The van der Waals surface area contributed by atoms with Gasteiger partial charge in [0.25, 0.3) is 0 Å². The van der Waals surface area contributed by atoms with Crippen LogP contribution in [-0.2, 0) is 19.6 Å². The van der Waals surface area contributed by atoms with Crippen molar-refractivity contribution in [1.82, 2.24) is 4.72 Å². The third-order valence-electron chi connectivity index (χ3n) is 1.75. The van der Waals surface area contributed by atoms with E-state index in [2.05, 4.69) is 4.74 Å². The quantitative estimate of drug-likeness (QED) is 0.728. The van der Waals surface area contributed by atoms with Crippen molar-refractivity contribution in [2.45, 2.75) is 4.90 Å². The minimum Gasteiger partial charge on any atom is -0.477 e. The third-order valence-corrected chi connectivity index (χ3v) is 4.22. The second-order valence-electron chi connectivity index (χ2n) is 2.82. The van der Waals surface area contributed by atoms with Gasteiger partial charge in [-0.25, -0.2) is 13.2 Å². The van der Waals surface area contributed by atoms with Gasteiger partial charge in [-0.15, -0.1) is 11.3 Å². The Morgan fingerprint density at radius 1 is 1.53 bits per heavy atom. The zero-order valence-electron chi connectivity index (χ0n) is 8.67. The number of esters is 1. The third kappa shape index (κ3) is 3.25. The predicted octanol–water partition coefficient (Wildman–Crippen LogP) is -0.102. The number of aromatic carboxylic acids is 1. The van der Waals surface area contributed by atoms with Gasteiger partial charge < -0.3 is 9.84 Å². The summed E-state index contributed by atoms with van der Waals surface area (Å²) in [4.78, 5) is 20.9. The minimum absolute atomic E-state index is 0.303. The Labute approximate surface area is 101 Å². The first-order valence-electron chi connectivity index (χ1n) is 4.25. The van der Waals surface area contributed by atoms with Gasteiger partial charge in [-0.2, -0.15) is 4.72 Å². The Kier molecular flexibility index (Phi) is 4.21. The molecule has 9 heteroatoms. The van der Waals surface area contributed by atoms with E-state index in [-0.39, 0.29) is 9.77 Å². The molecule has 1 rings (SSSR count). The highest BCUT2D eigenvalue weighted by Crippen LogP contribution is 2.21. The second-order valence-corrected chi connectivity index (χ2v) is 5.47. The van der Waals surface area contributed by atoms with Crippen molar-refractivity contribution in [3.8, 4) is 0 Å². The van der Waals surface area contributed by atoms with Crippen LogP contribution in [0.5, 0.6) is 0 Å². The van der Waals surface area contributed by atoms with Gasteiger partial charge >= 0.3 is 11.9 Å². The fraction of sp³-hybridized carbons (Fsp3) is 0.250. The van der Waals surface area contributed by atoms with Crippen LogP contribution in [0.25, 0.3) is 0 Å². The minimum atomic E-state index is -4.02. The van der Waals surface area contributed by atoms with Gasteiger partial charge in [0.05, 0.1) is 7.11 Å². The van der Waals surface area contributed by atoms with Crippen molar-refractivity contribution in [2.75, 3.05) is 13.7 Å². The van der Waals surface area contributed by atoms with E-state index in [0.29, 0.717) is 0 Å². The van der Waals surface area contributed by atoms with Crippen molar-refractivity contribution in [3.05, 3.63) is 16.3 Å². The van der Waals surface area contributed by atoms with Crippen LogP contribution >= 0.6 is 11.3 Å². The number of rotatable bonds is 5. The summed E-state index contributed by atoms with van der Waals surface area (Å²) in [5, 5.41) is 10.1. The van der Waals surface area contributed by atoms with Crippen LogP contribution in [0, 0.1) is 0 Å². The monoisotopic (exact) mass is 279 g/mol. The molecule has 0 aliphatic carbocycles. The topological polar surface area (TPSA) is 110 Å². The summed E-state index contributed by atoms with van der Waals surface area (Å²) in [6.07, 6.45) is 0. The van der Waals surface area contributed by atoms with E-state index in [1.807, 2.05) is 4.72 Å². The van der Waals surface area contributed by atoms with E-state index in [4.69, 9.17) is 5.11 Å². The average molecular weight is 279 g/mol. The largest absolute Gasteiger partial charge is 0.477 e. The normalized spacial score (nSPS) is 11.1.